The van der Waals surface area contributed by atoms with Crippen LogP contribution in [0.15, 0.2) is 103 Å². The van der Waals surface area contributed by atoms with Crippen molar-refractivity contribution < 1.29 is 19.1 Å². The Labute approximate surface area is 236 Å². The molecule has 1 unspecified atom stereocenters. The van der Waals surface area contributed by atoms with E-state index in [1.54, 1.807) is 19.1 Å². The smallest absolute Gasteiger partial charge is 0.330 e. The molecule has 208 valence electrons. The Hall–Kier alpha value is -4.65. The maximum Gasteiger partial charge on any atom is 0.330 e. The van der Waals surface area contributed by atoms with Gasteiger partial charge in [0.1, 0.15) is 6.04 Å². The van der Waals surface area contributed by atoms with Crippen molar-refractivity contribution in [1.29, 1.82) is 0 Å². The summed E-state index contributed by atoms with van der Waals surface area (Å²) in [4.78, 5) is 40.4. The molecule has 0 fully saturated rings. The first-order valence-corrected chi connectivity index (χ1v) is 13.3. The van der Waals surface area contributed by atoms with E-state index in [-0.39, 0.29) is 18.4 Å². The number of nitrogens with one attached hydrogen (secondary N) is 2. The first-order valence-electron chi connectivity index (χ1n) is 13.3. The zero-order valence-electron chi connectivity index (χ0n) is 23.2. The largest absolute Gasteiger partial charge is 0.463 e. The van der Waals surface area contributed by atoms with Gasteiger partial charge in [0.05, 0.1) is 12.6 Å². The van der Waals surface area contributed by atoms with Gasteiger partial charge in [-0.25, -0.2) is 4.79 Å². The van der Waals surface area contributed by atoms with Gasteiger partial charge < -0.3 is 20.3 Å². The monoisotopic (exact) mass is 539 g/mol. The summed E-state index contributed by atoms with van der Waals surface area (Å²) in [6.07, 6.45) is 6.87. The molecule has 0 heterocycles. The van der Waals surface area contributed by atoms with Gasteiger partial charge in [0.25, 0.3) is 0 Å². The molecule has 2 atom stereocenters. The fraction of sp³-hybridized carbons (Fsp3) is 0.242. The van der Waals surface area contributed by atoms with Gasteiger partial charge in [0.15, 0.2) is 0 Å². The lowest BCUT2D eigenvalue weighted by molar-refractivity contribution is -0.137. The minimum absolute atomic E-state index is 0.261. The Bertz CT molecular complexity index is 1290. The van der Waals surface area contributed by atoms with Crippen molar-refractivity contribution in [2.45, 2.75) is 31.8 Å². The molecule has 3 aromatic carbocycles. The SMILES string of the molecule is CCOC(=O)/C=C/C(Cc1ccccc1)NC(=O)[C@H](Cc1ccccc1)NC(=O)/C=C/c1ccc(N(C)C)cc1. The molecule has 0 aliphatic heterocycles. The van der Waals surface area contributed by atoms with E-state index in [9.17, 15) is 14.4 Å². The van der Waals surface area contributed by atoms with Gasteiger partial charge in [0.2, 0.25) is 11.8 Å². The summed E-state index contributed by atoms with van der Waals surface area (Å²) < 4.78 is 5.00. The van der Waals surface area contributed by atoms with Gasteiger partial charge in [-0.1, -0.05) is 78.9 Å². The lowest BCUT2D eigenvalue weighted by Crippen LogP contribution is -2.50. The molecule has 0 aliphatic rings. The minimum atomic E-state index is -0.829. The van der Waals surface area contributed by atoms with E-state index >= 15 is 0 Å². The molecule has 2 N–H and O–H groups in total. The second kappa shape index (κ2) is 15.7. The van der Waals surface area contributed by atoms with Crippen molar-refractivity contribution in [3.63, 3.8) is 0 Å². The van der Waals surface area contributed by atoms with Gasteiger partial charge in [0, 0.05) is 38.4 Å². The van der Waals surface area contributed by atoms with Crippen LogP contribution in [0.3, 0.4) is 0 Å². The molecule has 2 amide bonds. The number of anilines is 1. The number of benzene rings is 3. The summed E-state index contributed by atoms with van der Waals surface area (Å²) in [7, 11) is 3.93. The Morgan fingerprint density at radius 2 is 1.40 bits per heavy atom. The Balaban J connectivity index is 1.76. The number of rotatable bonds is 13. The van der Waals surface area contributed by atoms with E-state index in [0.717, 1.165) is 22.4 Å². The molecule has 40 heavy (non-hydrogen) atoms. The third kappa shape index (κ3) is 10.3. The average Bonchev–Trinajstić information content (AvgIpc) is 2.96. The molecule has 0 bridgehead atoms. The lowest BCUT2D eigenvalue weighted by Gasteiger charge is -2.22. The van der Waals surface area contributed by atoms with Crippen LogP contribution < -0.4 is 15.5 Å². The third-order valence-electron chi connectivity index (χ3n) is 6.13. The van der Waals surface area contributed by atoms with Gasteiger partial charge in [-0.05, 0) is 48.2 Å². The molecule has 0 saturated heterocycles. The highest BCUT2D eigenvalue weighted by Crippen LogP contribution is 2.13. The zero-order chi connectivity index (χ0) is 28.7. The maximum atomic E-state index is 13.5. The van der Waals surface area contributed by atoms with Gasteiger partial charge in [-0.2, -0.15) is 0 Å². The molecule has 0 aliphatic carbocycles. The Morgan fingerprint density at radius 3 is 1.98 bits per heavy atom. The summed E-state index contributed by atoms with van der Waals surface area (Å²) in [5, 5.41) is 5.86. The molecule has 0 radical (unpaired) electrons. The van der Waals surface area contributed by atoms with E-state index in [2.05, 4.69) is 10.6 Å². The van der Waals surface area contributed by atoms with Crippen LogP contribution in [0.25, 0.3) is 6.08 Å². The summed E-state index contributed by atoms with van der Waals surface area (Å²) in [6, 6.07) is 25.7. The summed E-state index contributed by atoms with van der Waals surface area (Å²) >= 11 is 0. The summed E-state index contributed by atoms with van der Waals surface area (Å²) in [6.45, 7) is 2.00. The van der Waals surface area contributed by atoms with Crippen molar-refractivity contribution in [2.75, 3.05) is 25.6 Å². The lowest BCUT2D eigenvalue weighted by atomic mass is 10.0. The number of carbonyl (C=O) groups excluding carboxylic acids is 3. The normalized spacial score (nSPS) is 12.6. The minimum Gasteiger partial charge on any atom is -0.463 e. The Morgan fingerprint density at radius 1 is 0.800 bits per heavy atom. The molecule has 0 spiro atoms. The van der Waals surface area contributed by atoms with Crippen LogP contribution in [0.5, 0.6) is 0 Å². The van der Waals surface area contributed by atoms with Crippen LogP contribution >= 0.6 is 0 Å². The number of hydrogen-bond donors (Lipinski definition) is 2. The average molecular weight is 540 g/mol. The van der Waals surface area contributed by atoms with Crippen molar-refractivity contribution in [3.8, 4) is 0 Å². The molecule has 3 rings (SSSR count). The quantitative estimate of drug-likeness (QED) is 0.249. The standard InChI is InChI=1S/C33H37N3O4/c1-4-40-32(38)22-18-28(23-26-11-7-5-8-12-26)34-33(39)30(24-27-13-9-6-10-14-27)35-31(37)21-17-25-15-19-29(20-16-25)36(2)3/h5-22,28,30H,4,23-24H2,1-3H3,(H,34,39)(H,35,37)/b21-17+,22-18+/t28?,30-/m0/s1. The fourth-order valence-electron chi connectivity index (χ4n) is 4.04. The topological polar surface area (TPSA) is 87.7 Å². The van der Waals surface area contributed by atoms with Crippen LogP contribution in [0, 0.1) is 0 Å². The van der Waals surface area contributed by atoms with E-state index in [4.69, 9.17) is 4.74 Å². The summed E-state index contributed by atoms with van der Waals surface area (Å²) in [5.41, 5.74) is 3.83. The van der Waals surface area contributed by atoms with Crippen LogP contribution in [-0.2, 0) is 32.0 Å². The summed E-state index contributed by atoms with van der Waals surface area (Å²) in [5.74, 6) is -1.21. The highest BCUT2D eigenvalue weighted by atomic mass is 16.5. The number of nitrogens with zero attached hydrogens (tertiary/aromatic N) is 1. The third-order valence-corrected chi connectivity index (χ3v) is 6.13. The molecule has 7 nitrogen and oxygen atoms in total. The first kappa shape index (κ1) is 29.9. The van der Waals surface area contributed by atoms with E-state index in [0.29, 0.717) is 12.8 Å². The van der Waals surface area contributed by atoms with Crippen LogP contribution in [0.1, 0.15) is 23.6 Å². The number of hydrogen-bond acceptors (Lipinski definition) is 5. The van der Waals surface area contributed by atoms with Gasteiger partial charge in [-0.3, -0.25) is 9.59 Å². The maximum absolute atomic E-state index is 13.5. The van der Waals surface area contributed by atoms with Crippen LogP contribution in [-0.4, -0.2) is 50.6 Å². The molecular formula is C33H37N3O4. The Kier molecular flexibility index (Phi) is 11.7. The molecule has 3 aromatic rings. The van der Waals surface area contributed by atoms with Crippen LogP contribution in [0.2, 0.25) is 0 Å². The number of esters is 1. The van der Waals surface area contributed by atoms with Crippen molar-refractivity contribution >= 4 is 29.5 Å². The highest BCUT2D eigenvalue weighted by Gasteiger charge is 2.23. The molecule has 7 heteroatoms. The van der Waals surface area contributed by atoms with Crippen molar-refractivity contribution in [2.24, 2.45) is 0 Å². The van der Waals surface area contributed by atoms with Crippen molar-refractivity contribution in [3.05, 3.63) is 120 Å². The van der Waals surface area contributed by atoms with Crippen molar-refractivity contribution in [1.82, 2.24) is 10.6 Å². The first-order chi connectivity index (χ1) is 19.3. The number of ether oxygens (including phenoxy) is 1. The zero-order valence-corrected chi connectivity index (χ0v) is 23.2. The molecular weight excluding hydrogens is 502 g/mol. The van der Waals surface area contributed by atoms with E-state index in [1.165, 1.54) is 12.2 Å². The molecule has 0 aromatic heterocycles. The second-order valence-corrected chi connectivity index (χ2v) is 9.49. The van der Waals surface area contributed by atoms with Gasteiger partial charge in [-0.15, -0.1) is 0 Å². The van der Waals surface area contributed by atoms with Crippen LogP contribution in [0.4, 0.5) is 5.69 Å². The van der Waals surface area contributed by atoms with Gasteiger partial charge >= 0.3 is 5.97 Å². The number of amides is 2. The van der Waals surface area contributed by atoms with E-state index in [1.807, 2.05) is 104 Å². The number of carbonyl (C=O) groups is 3. The highest BCUT2D eigenvalue weighted by molar-refractivity contribution is 5.95. The fourth-order valence-corrected chi connectivity index (χ4v) is 4.04. The van der Waals surface area contributed by atoms with E-state index < -0.39 is 18.1 Å². The predicted octanol–water partition coefficient (Wildman–Crippen LogP) is 4.34. The predicted molar refractivity (Wildman–Crippen MR) is 160 cm³/mol. The second-order valence-electron chi connectivity index (χ2n) is 9.49. The molecule has 0 saturated carbocycles.